The van der Waals surface area contributed by atoms with Crippen molar-refractivity contribution in [2.45, 2.75) is 0 Å². The molecule has 110 valence electrons. The molecule has 3 heterocycles. The molecule has 0 unspecified atom stereocenters. The number of nitrogens with two attached hydrogens (primary N) is 1. The quantitative estimate of drug-likeness (QED) is 0.724. The highest BCUT2D eigenvalue weighted by Gasteiger charge is 2.21. The van der Waals surface area contributed by atoms with E-state index in [1.807, 2.05) is 34.7 Å². The Labute approximate surface area is 135 Å². The van der Waals surface area contributed by atoms with E-state index in [0.29, 0.717) is 9.26 Å². The third-order valence-corrected chi connectivity index (χ3v) is 4.42. The minimum Gasteiger partial charge on any atom is -0.397 e. The number of halogens is 1. The summed E-state index contributed by atoms with van der Waals surface area (Å²) in [5, 5.41) is 0. The van der Waals surface area contributed by atoms with Crippen LogP contribution in [-0.4, -0.2) is 41.1 Å². The molecule has 0 atom stereocenters. The fraction of sp³-hybridized carbons (Fsp3) is 0.308. The molecule has 8 heteroatoms. The van der Waals surface area contributed by atoms with Crippen LogP contribution in [0.1, 0.15) is 0 Å². The lowest BCUT2D eigenvalue weighted by atomic mass is 10.3. The molecule has 1 aliphatic rings. The molecule has 1 fully saturated rings. The van der Waals surface area contributed by atoms with Crippen molar-refractivity contribution in [2.75, 3.05) is 41.7 Å². The summed E-state index contributed by atoms with van der Waals surface area (Å²) in [5.41, 5.74) is 6.23. The van der Waals surface area contributed by atoms with Crippen molar-refractivity contribution in [3.05, 3.63) is 38.6 Å². The van der Waals surface area contributed by atoms with Crippen LogP contribution in [0.2, 0.25) is 0 Å². The summed E-state index contributed by atoms with van der Waals surface area (Å²) in [7, 11) is 0. The van der Waals surface area contributed by atoms with Crippen LogP contribution >= 0.6 is 22.6 Å². The minimum absolute atomic E-state index is 0.0942. The second kappa shape index (κ2) is 5.88. The van der Waals surface area contributed by atoms with Gasteiger partial charge in [0.25, 0.3) is 5.56 Å². The first-order valence-electron chi connectivity index (χ1n) is 6.60. The molecule has 1 saturated heterocycles. The summed E-state index contributed by atoms with van der Waals surface area (Å²) in [6.45, 7) is 3.28. The monoisotopic (exact) mass is 398 g/mol. The molecule has 3 N–H and O–H groups in total. The van der Waals surface area contributed by atoms with E-state index in [0.717, 1.165) is 37.8 Å². The molecule has 2 aromatic rings. The number of aromatic nitrogens is 3. The predicted octanol–water partition coefficient (Wildman–Crippen LogP) is 0.678. The molecule has 0 aromatic carbocycles. The van der Waals surface area contributed by atoms with Crippen molar-refractivity contribution < 1.29 is 0 Å². The van der Waals surface area contributed by atoms with E-state index in [1.165, 1.54) is 6.33 Å². The van der Waals surface area contributed by atoms with Gasteiger partial charge in [-0.05, 0) is 34.7 Å². The summed E-state index contributed by atoms with van der Waals surface area (Å²) in [6.07, 6.45) is 3.12. The number of anilines is 3. The van der Waals surface area contributed by atoms with Gasteiger partial charge < -0.3 is 20.5 Å². The van der Waals surface area contributed by atoms with Gasteiger partial charge >= 0.3 is 0 Å². The lowest BCUT2D eigenvalue weighted by Crippen LogP contribution is -2.47. The normalized spacial score (nSPS) is 15.3. The largest absolute Gasteiger partial charge is 0.397 e. The van der Waals surface area contributed by atoms with Crippen molar-refractivity contribution in [1.29, 1.82) is 0 Å². The van der Waals surface area contributed by atoms with E-state index in [9.17, 15) is 4.79 Å². The summed E-state index contributed by atoms with van der Waals surface area (Å²) in [4.78, 5) is 27.2. The topological polar surface area (TPSA) is 91.1 Å². The lowest BCUT2D eigenvalue weighted by molar-refractivity contribution is 0.639. The van der Waals surface area contributed by atoms with Crippen molar-refractivity contribution >= 4 is 39.9 Å². The molecule has 0 saturated carbocycles. The van der Waals surface area contributed by atoms with Crippen LogP contribution in [0, 0.1) is 3.57 Å². The van der Waals surface area contributed by atoms with Crippen LogP contribution in [-0.2, 0) is 0 Å². The highest BCUT2D eigenvalue weighted by atomic mass is 127. The Morgan fingerprint density at radius 1 is 1.14 bits per heavy atom. The van der Waals surface area contributed by atoms with Gasteiger partial charge in [0.2, 0.25) is 0 Å². The van der Waals surface area contributed by atoms with Crippen LogP contribution < -0.4 is 21.1 Å². The standard InChI is InChI=1S/C13H15IN6O/c14-11-12(17-8-18-13(11)21)20-5-3-19(4-6-20)10-2-1-9(15)7-16-10/h1-2,7-8H,3-6,15H2,(H,17,18,21). The molecule has 0 aliphatic carbocycles. The summed E-state index contributed by atoms with van der Waals surface area (Å²) < 4.78 is 0.633. The third kappa shape index (κ3) is 2.94. The highest BCUT2D eigenvalue weighted by Crippen LogP contribution is 2.20. The van der Waals surface area contributed by atoms with Gasteiger partial charge in [-0.25, -0.2) is 9.97 Å². The first-order valence-corrected chi connectivity index (χ1v) is 7.67. The first kappa shape index (κ1) is 14.1. The van der Waals surface area contributed by atoms with Gasteiger partial charge in [-0.3, -0.25) is 4.79 Å². The molecule has 2 aromatic heterocycles. The van der Waals surface area contributed by atoms with E-state index in [1.54, 1.807) is 6.20 Å². The maximum atomic E-state index is 11.6. The van der Waals surface area contributed by atoms with Crippen molar-refractivity contribution in [3.63, 3.8) is 0 Å². The predicted molar refractivity (Wildman–Crippen MR) is 90.7 cm³/mol. The van der Waals surface area contributed by atoms with Gasteiger partial charge in [0.1, 0.15) is 15.2 Å². The zero-order valence-corrected chi connectivity index (χ0v) is 13.4. The van der Waals surface area contributed by atoms with Crippen molar-refractivity contribution in [2.24, 2.45) is 0 Å². The Bertz CT molecular complexity index is 678. The number of nitrogens with one attached hydrogen (secondary N) is 1. The second-order valence-corrected chi connectivity index (χ2v) is 5.87. The van der Waals surface area contributed by atoms with Crippen LogP contribution in [0.5, 0.6) is 0 Å². The van der Waals surface area contributed by atoms with Gasteiger partial charge in [0.05, 0.1) is 18.2 Å². The van der Waals surface area contributed by atoms with Crippen molar-refractivity contribution in [1.82, 2.24) is 15.0 Å². The fourth-order valence-corrected chi connectivity index (χ4v) is 2.96. The molecule has 21 heavy (non-hydrogen) atoms. The van der Waals surface area contributed by atoms with Gasteiger partial charge in [-0.1, -0.05) is 0 Å². The maximum Gasteiger partial charge on any atom is 0.266 e. The van der Waals surface area contributed by atoms with Gasteiger partial charge in [-0.15, -0.1) is 0 Å². The van der Waals surface area contributed by atoms with Gasteiger partial charge in [0, 0.05) is 26.2 Å². The molecule has 1 aliphatic heterocycles. The average molecular weight is 398 g/mol. The van der Waals surface area contributed by atoms with E-state index >= 15 is 0 Å². The highest BCUT2D eigenvalue weighted by molar-refractivity contribution is 14.1. The third-order valence-electron chi connectivity index (χ3n) is 3.45. The van der Waals surface area contributed by atoms with Crippen LogP contribution in [0.4, 0.5) is 17.3 Å². The smallest absolute Gasteiger partial charge is 0.266 e. The zero-order chi connectivity index (χ0) is 14.8. The van der Waals surface area contributed by atoms with Crippen LogP contribution in [0.3, 0.4) is 0 Å². The molecule has 7 nitrogen and oxygen atoms in total. The maximum absolute atomic E-state index is 11.6. The number of H-pyrrole nitrogens is 1. The molecule has 0 amide bonds. The Balaban J connectivity index is 1.71. The van der Waals surface area contributed by atoms with E-state index < -0.39 is 0 Å². The van der Waals surface area contributed by atoms with E-state index in [2.05, 4.69) is 24.8 Å². The Hall–Kier alpha value is -1.84. The number of hydrogen-bond acceptors (Lipinski definition) is 6. The lowest BCUT2D eigenvalue weighted by Gasteiger charge is -2.36. The number of piperazine rings is 1. The first-order chi connectivity index (χ1) is 10.1. The molecule has 0 spiro atoms. The fourth-order valence-electron chi connectivity index (χ4n) is 2.33. The molecule has 0 radical (unpaired) electrons. The van der Waals surface area contributed by atoms with Gasteiger partial charge in [-0.2, -0.15) is 0 Å². The Morgan fingerprint density at radius 3 is 2.52 bits per heavy atom. The van der Waals surface area contributed by atoms with Gasteiger partial charge in [0.15, 0.2) is 0 Å². The van der Waals surface area contributed by atoms with Crippen LogP contribution in [0.15, 0.2) is 29.5 Å². The number of nitrogens with zero attached hydrogens (tertiary/aromatic N) is 4. The Morgan fingerprint density at radius 2 is 1.86 bits per heavy atom. The van der Waals surface area contributed by atoms with Crippen LogP contribution in [0.25, 0.3) is 0 Å². The summed E-state index contributed by atoms with van der Waals surface area (Å²) >= 11 is 2.04. The SMILES string of the molecule is Nc1ccc(N2CCN(c3nc[nH]c(=O)c3I)CC2)nc1. The molecular formula is C13H15IN6O. The Kier molecular flexibility index (Phi) is 3.95. The zero-order valence-electron chi connectivity index (χ0n) is 11.3. The number of hydrogen-bond donors (Lipinski definition) is 2. The summed E-state index contributed by atoms with van der Waals surface area (Å²) in [6, 6.07) is 3.79. The number of nitrogen functional groups attached to an aromatic ring is 1. The van der Waals surface area contributed by atoms with E-state index in [4.69, 9.17) is 5.73 Å². The number of rotatable bonds is 2. The number of aromatic amines is 1. The average Bonchev–Trinajstić information content (AvgIpc) is 2.51. The van der Waals surface area contributed by atoms with Crippen molar-refractivity contribution in [3.8, 4) is 0 Å². The molecule has 3 rings (SSSR count). The molecule has 0 bridgehead atoms. The molecular weight excluding hydrogens is 383 g/mol. The number of pyridine rings is 1. The second-order valence-electron chi connectivity index (χ2n) is 4.79. The minimum atomic E-state index is -0.0942. The van der Waals surface area contributed by atoms with E-state index in [-0.39, 0.29) is 5.56 Å². The summed E-state index contributed by atoms with van der Waals surface area (Å²) in [5.74, 6) is 1.68.